The first-order valence-corrected chi connectivity index (χ1v) is 2.59. The van der Waals surface area contributed by atoms with Crippen molar-refractivity contribution in [2.24, 2.45) is 0 Å². The number of halogens is 6. The molecule has 0 N–H and O–H groups in total. The predicted molar refractivity (Wildman–Crippen MR) is 26.6 cm³/mol. The van der Waals surface area contributed by atoms with Crippen molar-refractivity contribution in [2.75, 3.05) is 0 Å². The van der Waals surface area contributed by atoms with Crippen LogP contribution in [0.5, 0.6) is 0 Å². The maximum atomic E-state index is 11.5. The number of hydrogen-bond donors (Lipinski definition) is 0. The van der Waals surface area contributed by atoms with E-state index in [0.717, 1.165) is 0 Å². The number of carbonyl (C=O) groups excluding carboxylic acids is 1. The maximum absolute atomic E-state index is 11.5. The Labute approximate surface area is 62.9 Å². The maximum Gasteiger partial charge on any atom is 0.387 e. The number of rotatable bonds is 2. The van der Waals surface area contributed by atoms with Gasteiger partial charge in [0, 0.05) is 0 Å². The molecule has 60 valence electrons. The van der Waals surface area contributed by atoms with Crippen molar-refractivity contribution in [3.05, 3.63) is 0 Å². The molecule has 0 aliphatic rings. The Balaban J connectivity index is 4.40. The zero-order valence-corrected chi connectivity index (χ0v) is 5.69. The summed E-state index contributed by atoms with van der Waals surface area (Å²) < 4.78 is 45.9. The fraction of sp³-hybridized carbons (Fsp3) is 0.667. The van der Waals surface area contributed by atoms with Crippen LogP contribution in [0.1, 0.15) is 0 Å². The third-order valence-electron chi connectivity index (χ3n) is 0.515. The first-order valence-electron chi connectivity index (χ1n) is 1.84. The van der Waals surface area contributed by atoms with Gasteiger partial charge in [-0.1, -0.05) is 0 Å². The van der Waals surface area contributed by atoms with Gasteiger partial charge in [0.25, 0.3) is 0 Å². The van der Waals surface area contributed by atoms with Crippen LogP contribution in [0.3, 0.4) is 0 Å². The quantitative estimate of drug-likeness (QED) is 0.492. The fourth-order valence-corrected chi connectivity index (χ4v) is 0.446. The Bertz CT molecular complexity index is 130. The van der Waals surface area contributed by atoms with Crippen LogP contribution in [0.25, 0.3) is 0 Å². The fourth-order valence-electron chi connectivity index (χ4n) is 0.161. The van der Waals surface area contributed by atoms with Crippen molar-refractivity contribution >= 4 is 29.0 Å². The van der Waals surface area contributed by atoms with Crippen LogP contribution < -0.4 is 0 Å². The van der Waals surface area contributed by atoms with Gasteiger partial charge in [0.05, 0.1) is 0 Å². The van der Waals surface area contributed by atoms with Gasteiger partial charge in [-0.25, -0.2) is 0 Å². The van der Waals surface area contributed by atoms with Crippen molar-refractivity contribution in [2.45, 2.75) is 10.8 Å². The number of hydrogen-bond acceptors (Lipinski definition) is 1. The van der Waals surface area contributed by atoms with Gasteiger partial charge < -0.3 is 0 Å². The van der Waals surface area contributed by atoms with E-state index in [1.807, 2.05) is 0 Å². The Morgan fingerprint density at radius 3 is 1.20 bits per heavy atom. The Morgan fingerprint density at radius 2 is 1.20 bits per heavy atom. The largest absolute Gasteiger partial charge is 0.387 e. The van der Waals surface area contributed by atoms with Crippen LogP contribution in [0, 0.1) is 0 Å². The lowest BCUT2D eigenvalue weighted by molar-refractivity contribution is -0.148. The van der Waals surface area contributed by atoms with Crippen molar-refractivity contribution in [3.63, 3.8) is 0 Å². The van der Waals surface area contributed by atoms with Crippen molar-refractivity contribution < 1.29 is 22.4 Å². The molecule has 0 aromatic rings. The van der Waals surface area contributed by atoms with Crippen LogP contribution in [-0.2, 0) is 4.79 Å². The van der Waals surface area contributed by atoms with Crippen LogP contribution in [0.15, 0.2) is 0 Å². The van der Waals surface area contributed by atoms with Crippen LogP contribution in [-0.4, -0.2) is 16.5 Å². The lowest BCUT2D eigenvalue weighted by Crippen LogP contribution is -2.34. The third kappa shape index (κ3) is 2.70. The van der Waals surface area contributed by atoms with Gasteiger partial charge in [-0.3, -0.25) is 4.79 Å². The molecule has 0 aliphatic heterocycles. The molecule has 0 heterocycles. The van der Waals surface area contributed by atoms with Crippen LogP contribution >= 0.6 is 23.2 Å². The smallest absolute Gasteiger partial charge is 0.283 e. The summed E-state index contributed by atoms with van der Waals surface area (Å²) in [6, 6.07) is 0. The molecule has 0 unspecified atom stereocenters. The summed E-state index contributed by atoms with van der Waals surface area (Å²) in [7, 11) is 0. The second kappa shape index (κ2) is 2.54. The molecule has 7 heteroatoms. The average molecular weight is 199 g/mol. The highest BCUT2D eigenvalue weighted by molar-refractivity contribution is 6.41. The second-order valence-corrected chi connectivity index (χ2v) is 2.27. The molecule has 10 heavy (non-hydrogen) atoms. The van der Waals surface area contributed by atoms with Crippen molar-refractivity contribution in [1.29, 1.82) is 0 Å². The highest BCUT2D eigenvalue weighted by Crippen LogP contribution is 2.32. The molecule has 0 atom stereocenters. The predicted octanol–water partition coefficient (Wildman–Crippen LogP) is 2.22. The normalized spacial score (nSPS) is 13.4. The SMILES string of the molecule is O=C(C(F)(F)Cl)C(F)(F)Cl. The molecule has 0 radical (unpaired) electrons. The van der Waals surface area contributed by atoms with Crippen molar-refractivity contribution in [3.8, 4) is 0 Å². The molecule has 0 rings (SSSR count). The molecule has 0 saturated carbocycles. The van der Waals surface area contributed by atoms with Gasteiger partial charge >= 0.3 is 16.5 Å². The van der Waals surface area contributed by atoms with Gasteiger partial charge in [-0.05, 0) is 23.2 Å². The third-order valence-corrected chi connectivity index (χ3v) is 0.858. The minimum absolute atomic E-state index is 2.82. The first-order chi connectivity index (χ1) is 4.15. The van der Waals surface area contributed by atoms with E-state index >= 15 is 0 Å². The van der Waals surface area contributed by atoms with E-state index in [1.54, 1.807) is 0 Å². The molecular formula is C3Cl2F4O. The lowest BCUT2D eigenvalue weighted by atomic mass is 10.4. The summed E-state index contributed by atoms with van der Waals surface area (Å²) in [4.78, 5) is 9.72. The van der Waals surface area contributed by atoms with Gasteiger partial charge in [-0.2, -0.15) is 17.6 Å². The summed E-state index contributed by atoms with van der Waals surface area (Å²) in [6.07, 6.45) is 0. The van der Waals surface area contributed by atoms with E-state index in [4.69, 9.17) is 0 Å². The van der Waals surface area contributed by atoms with E-state index in [9.17, 15) is 22.4 Å². The number of Topliss-reactive ketones (excluding diaryl/α,β-unsaturated/α-hetero) is 1. The molecule has 0 fully saturated rings. The first kappa shape index (κ1) is 9.97. The van der Waals surface area contributed by atoms with E-state index < -0.39 is 16.5 Å². The Morgan fingerprint density at radius 1 is 1.00 bits per heavy atom. The van der Waals surface area contributed by atoms with Crippen molar-refractivity contribution in [1.82, 2.24) is 0 Å². The summed E-state index contributed by atoms with van der Waals surface area (Å²) in [5.74, 6) is -2.82. The average Bonchev–Trinajstić information content (AvgIpc) is 1.59. The molecular weight excluding hydrogens is 199 g/mol. The van der Waals surface area contributed by atoms with Gasteiger partial charge in [0.15, 0.2) is 0 Å². The second-order valence-electron chi connectivity index (χ2n) is 1.32. The topological polar surface area (TPSA) is 17.1 Å². The minimum Gasteiger partial charge on any atom is -0.283 e. The highest BCUT2D eigenvalue weighted by Gasteiger charge is 2.51. The molecule has 0 spiro atoms. The zero-order valence-electron chi connectivity index (χ0n) is 4.18. The van der Waals surface area contributed by atoms with E-state index in [0.29, 0.717) is 0 Å². The lowest BCUT2D eigenvalue weighted by Gasteiger charge is -2.09. The monoisotopic (exact) mass is 198 g/mol. The van der Waals surface area contributed by atoms with E-state index in [1.165, 1.54) is 0 Å². The molecule has 0 amide bonds. The summed E-state index contributed by atoms with van der Waals surface area (Å²) in [5, 5.41) is -9.21. The Hall–Kier alpha value is -0.0300. The van der Waals surface area contributed by atoms with Gasteiger partial charge in [0.1, 0.15) is 0 Å². The van der Waals surface area contributed by atoms with Crippen LogP contribution in [0.2, 0.25) is 0 Å². The van der Waals surface area contributed by atoms with E-state index in [2.05, 4.69) is 23.2 Å². The highest BCUT2D eigenvalue weighted by atomic mass is 35.5. The van der Waals surface area contributed by atoms with E-state index in [-0.39, 0.29) is 0 Å². The zero-order chi connectivity index (χ0) is 8.58. The number of alkyl halides is 6. The van der Waals surface area contributed by atoms with Gasteiger partial charge in [0.2, 0.25) is 0 Å². The Kier molecular flexibility index (Phi) is 2.53. The summed E-state index contributed by atoms with van der Waals surface area (Å²) in [5.41, 5.74) is 0. The molecule has 0 aromatic heterocycles. The molecule has 0 bridgehead atoms. The molecule has 0 saturated heterocycles. The standard InChI is InChI=1S/C3Cl2F4O/c4-2(6,7)1(10)3(5,8)9. The summed E-state index contributed by atoms with van der Waals surface area (Å²) >= 11 is 7.84. The molecule has 1 nitrogen and oxygen atoms in total. The molecule has 0 aromatic carbocycles. The summed E-state index contributed by atoms with van der Waals surface area (Å²) in [6.45, 7) is 0. The number of ketones is 1. The number of carbonyl (C=O) groups is 1. The minimum atomic E-state index is -4.61. The molecule has 0 aliphatic carbocycles. The van der Waals surface area contributed by atoms with Gasteiger partial charge in [-0.15, -0.1) is 0 Å². The van der Waals surface area contributed by atoms with Crippen LogP contribution in [0.4, 0.5) is 17.6 Å².